The predicted octanol–water partition coefficient (Wildman–Crippen LogP) is 5.57. The highest BCUT2D eigenvalue weighted by molar-refractivity contribution is 5.95. The fraction of sp³-hybridized carbons (Fsp3) is 0.194. The minimum atomic E-state index is -4.67. The number of amides is 1. The van der Waals surface area contributed by atoms with Crippen LogP contribution in [0.5, 0.6) is 5.75 Å². The van der Waals surface area contributed by atoms with Crippen molar-refractivity contribution in [3.63, 3.8) is 0 Å². The summed E-state index contributed by atoms with van der Waals surface area (Å²) in [4.78, 5) is 29.0. The molecule has 0 spiro atoms. The molecule has 1 aromatic heterocycles. The summed E-state index contributed by atoms with van der Waals surface area (Å²) in [6, 6.07) is 16.5. The lowest BCUT2D eigenvalue weighted by molar-refractivity contribution is -0.137. The Bertz CT molecular complexity index is 1610. The second kappa shape index (κ2) is 11.8. The van der Waals surface area contributed by atoms with Gasteiger partial charge in [-0.3, -0.25) is 4.79 Å². The topological polar surface area (TPSA) is 87.9 Å². The Morgan fingerprint density at radius 2 is 1.67 bits per heavy atom. The lowest BCUT2D eigenvalue weighted by Crippen LogP contribution is -2.48. The molecule has 1 saturated heterocycles. The smallest absolute Gasteiger partial charge is 0.416 e. The summed E-state index contributed by atoms with van der Waals surface area (Å²) in [5, 5.41) is 14.0. The summed E-state index contributed by atoms with van der Waals surface area (Å²) in [7, 11) is 0. The number of carbonyl (C=O) groups is 2. The Balaban J connectivity index is 1.32. The van der Waals surface area contributed by atoms with Gasteiger partial charge in [0.25, 0.3) is 5.91 Å². The van der Waals surface area contributed by atoms with Crippen molar-refractivity contribution >= 4 is 17.6 Å². The van der Waals surface area contributed by atoms with E-state index in [2.05, 4.69) is 11.7 Å². The molecular weight excluding hydrogens is 549 g/mol. The molecule has 4 aromatic rings. The van der Waals surface area contributed by atoms with Crippen LogP contribution in [0.25, 0.3) is 16.8 Å². The number of carbonyl (C=O) groups excluding carboxylic acids is 2. The number of phenolic OH excluding ortho intramolecular Hbond substituents is 1. The zero-order chi connectivity index (χ0) is 29.9. The molecule has 3 aromatic carbocycles. The van der Waals surface area contributed by atoms with Gasteiger partial charge >= 0.3 is 12.1 Å². The van der Waals surface area contributed by atoms with Crippen LogP contribution >= 0.6 is 0 Å². The van der Waals surface area contributed by atoms with Crippen LogP contribution < -0.4 is 4.90 Å². The monoisotopic (exact) mass is 576 g/mol. The molecule has 0 saturated carbocycles. The maximum absolute atomic E-state index is 13.8. The van der Waals surface area contributed by atoms with Crippen LogP contribution in [-0.2, 0) is 10.9 Å². The van der Waals surface area contributed by atoms with E-state index in [0.29, 0.717) is 42.9 Å². The molecular formula is C31H27F3N4O4. The van der Waals surface area contributed by atoms with Crippen molar-refractivity contribution in [1.29, 1.82) is 0 Å². The van der Waals surface area contributed by atoms with E-state index in [-0.39, 0.29) is 23.6 Å². The SMILES string of the molecule is C=CCOC(=O)c1ccc(N2CCN(C(=O)c3cc(-n4cc(-c5cccc(O)c5)cn4)cc(C(F)(F)F)c3)CC2)cc1. The van der Waals surface area contributed by atoms with Gasteiger partial charge in [0.05, 0.1) is 23.0 Å². The van der Waals surface area contributed by atoms with Crippen LogP contribution in [0.15, 0.2) is 91.8 Å². The first kappa shape index (κ1) is 28.5. The third-order valence-electron chi connectivity index (χ3n) is 6.89. The van der Waals surface area contributed by atoms with Gasteiger partial charge in [-0.25, -0.2) is 9.48 Å². The maximum Gasteiger partial charge on any atom is 0.416 e. The van der Waals surface area contributed by atoms with E-state index in [0.717, 1.165) is 17.8 Å². The van der Waals surface area contributed by atoms with E-state index in [1.807, 2.05) is 4.90 Å². The molecule has 0 bridgehead atoms. The molecule has 216 valence electrons. The van der Waals surface area contributed by atoms with Crippen molar-refractivity contribution < 1.29 is 32.6 Å². The number of aromatic nitrogens is 2. The van der Waals surface area contributed by atoms with Gasteiger partial charge < -0.3 is 19.6 Å². The second-order valence-electron chi connectivity index (χ2n) is 9.70. The zero-order valence-electron chi connectivity index (χ0n) is 22.4. The third kappa shape index (κ3) is 6.30. The Kier molecular flexibility index (Phi) is 8.01. The molecule has 0 unspecified atom stereocenters. The molecule has 0 radical (unpaired) electrons. The number of nitrogens with zero attached hydrogens (tertiary/aromatic N) is 4. The summed E-state index contributed by atoms with van der Waals surface area (Å²) in [5.41, 5.74) is 1.53. The first-order valence-electron chi connectivity index (χ1n) is 13.1. The van der Waals surface area contributed by atoms with Crippen LogP contribution in [-0.4, -0.2) is 64.4 Å². The van der Waals surface area contributed by atoms with E-state index in [9.17, 15) is 27.9 Å². The average molecular weight is 577 g/mol. The van der Waals surface area contributed by atoms with Crippen molar-refractivity contribution in [3.8, 4) is 22.6 Å². The lowest BCUT2D eigenvalue weighted by atomic mass is 10.1. The molecule has 1 amide bonds. The fourth-order valence-corrected chi connectivity index (χ4v) is 4.71. The highest BCUT2D eigenvalue weighted by Crippen LogP contribution is 2.33. The van der Waals surface area contributed by atoms with Gasteiger partial charge in [0, 0.05) is 49.2 Å². The number of esters is 1. The number of piperazine rings is 1. The van der Waals surface area contributed by atoms with Crippen molar-refractivity contribution in [3.05, 3.63) is 108 Å². The Labute approximate surface area is 239 Å². The Hall–Kier alpha value is -5.06. The largest absolute Gasteiger partial charge is 0.508 e. The van der Waals surface area contributed by atoms with Gasteiger partial charge in [0.2, 0.25) is 0 Å². The molecule has 1 aliphatic heterocycles. The number of halogens is 3. The summed E-state index contributed by atoms with van der Waals surface area (Å²) in [6.07, 6.45) is -0.164. The zero-order valence-corrected chi connectivity index (χ0v) is 22.4. The Morgan fingerprint density at radius 3 is 2.33 bits per heavy atom. The van der Waals surface area contributed by atoms with Crippen molar-refractivity contribution in [2.45, 2.75) is 6.18 Å². The number of aromatic hydroxyl groups is 1. The van der Waals surface area contributed by atoms with Crippen LogP contribution in [0.4, 0.5) is 18.9 Å². The van der Waals surface area contributed by atoms with Crippen LogP contribution in [0.3, 0.4) is 0 Å². The van der Waals surface area contributed by atoms with E-state index in [1.54, 1.807) is 42.6 Å². The lowest BCUT2D eigenvalue weighted by Gasteiger charge is -2.36. The first-order chi connectivity index (χ1) is 20.1. The van der Waals surface area contributed by atoms with Crippen LogP contribution in [0.1, 0.15) is 26.3 Å². The normalized spacial score (nSPS) is 13.6. The number of anilines is 1. The first-order valence-corrected chi connectivity index (χ1v) is 13.1. The minimum absolute atomic E-state index is 0.0493. The van der Waals surface area contributed by atoms with E-state index in [1.165, 1.54) is 40.1 Å². The van der Waals surface area contributed by atoms with Crippen LogP contribution in [0.2, 0.25) is 0 Å². The maximum atomic E-state index is 13.8. The molecule has 42 heavy (non-hydrogen) atoms. The predicted molar refractivity (Wildman–Crippen MR) is 151 cm³/mol. The van der Waals surface area contributed by atoms with Gasteiger partial charge in [-0.2, -0.15) is 18.3 Å². The quantitative estimate of drug-likeness (QED) is 0.229. The van der Waals surface area contributed by atoms with E-state index >= 15 is 0 Å². The van der Waals surface area contributed by atoms with Gasteiger partial charge in [0.15, 0.2) is 0 Å². The van der Waals surface area contributed by atoms with Crippen molar-refractivity contribution in [2.24, 2.45) is 0 Å². The number of hydrogen-bond donors (Lipinski definition) is 1. The van der Waals surface area contributed by atoms with Gasteiger partial charge in [-0.1, -0.05) is 24.8 Å². The van der Waals surface area contributed by atoms with E-state index in [4.69, 9.17) is 4.74 Å². The molecule has 2 heterocycles. The molecule has 11 heteroatoms. The molecule has 5 rings (SSSR count). The average Bonchev–Trinajstić information content (AvgIpc) is 3.50. The number of phenols is 1. The molecule has 0 atom stereocenters. The van der Waals surface area contributed by atoms with Crippen molar-refractivity contribution in [1.82, 2.24) is 14.7 Å². The third-order valence-corrected chi connectivity index (χ3v) is 6.89. The minimum Gasteiger partial charge on any atom is -0.508 e. The van der Waals surface area contributed by atoms with Crippen LogP contribution in [0, 0.1) is 0 Å². The standard InChI is InChI=1S/C31H27F3N4O4/c1-2-14-42-30(41)21-6-8-26(9-7-21)36-10-12-37(13-11-36)29(40)23-15-25(31(32,33)34)18-27(16-23)38-20-24(19-35-38)22-4-3-5-28(39)17-22/h2-9,15-20,39H,1,10-14H2. The number of alkyl halides is 3. The summed E-state index contributed by atoms with van der Waals surface area (Å²) >= 11 is 0. The van der Waals surface area contributed by atoms with Gasteiger partial charge in [-0.05, 0) is 60.2 Å². The molecule has 0 aliphatic carbocycles. The fourth-order valence-electron chi connectivity index (χ4n) is 4.71. The number of rotatable bonds is 7. The molecule has 1 aliphatic rings. The molecule has 1 N–H and O–H groups in total. The van der Waals surface area contributed by atoms with Gasteiger partial charge in [0.1, 0.15) is 12.4 Å². The summed E-state index contributed by atoms with van der Waals surface area (Å²) < 4.78 is 47.8. The second-order valence-corrected chi connectivity index (χ2v) is 9.70. The summed E-state index contributed by atoms with van der Waals surface area (Å²) in [5.74, 6) is -0.918. The number of hydrogen-bond acceptors (Lipinski definition) is 6. The summed E-state index contributed by atoms with van der Waals surface area (Å²) in [6.45, 7) is 5.16. The highest BCUT2D eigenvalue weighted by atomic mass is 19.4. The Morgan fingerprint density at radius 1 is 0.929 bits per heavy atom. The van der Waals surface area contributed by atoms with Crippen molar-refractivity contribution in [2.75, 3.05) is 37.7 Å². The van der Waals surface area contributed by atoms with Gasteiger partial charge in [-0.15, -0.1) is 0 Å². The number of benzene rings is 3. The number of ether oxygens (including phenoxy) is 1. The molecule has 8 nitrogen and oxygen atoms in total. The van der Waals surface area contributed by atoms with E-state index < -0.39 is 23.6 Å². The molecule has 1 fully saturated rings. The highest BCUT2D eigenvalue weighted by Gasteiger charge is 2.33.